The van der Waals surface area contributed by atoms with E-state index in [0.29, 0.717) is 12.1 Å². The number of nitrogens with one attached hydrogen (secondary N) is 1. The molecule has 1 aromatic carbocycles. The number of nitrogen functional groups attached to an aromatic ring is 1. The molecule has 0 aliphatic rings. The summed E-state index contributed by atoms with van der Waals surface area (Å²) in [5.74, 6) is 4.77. The predicted octanol–water partition coefficient (Wildman–Crippen LogP) is 0.843. The van der Waals surface area contributed by atoms with Gasteiger partial charge < -0.3 is 0 Å². The van der Waals surface area contributed by atoms with Crippen molar-refractivity contribution < 1.29 is 4.79 Å². The van der Waals surface area contributed by atoms with Crippen molar-refractivity contribution in [1.29, 1.82) is 0 Å². The van der Waals surface area contributed by atoms with E-state index in [1.807, 2.05) is 36.0 Å². The Balaban J connectivity index is 2.10. The molecule has 3 N–H and O–H groups in total. The number of hydrogen-bond donors (Lipinski definition) is 2. The van der Waals surface area contributed by atoms with Gasteiger partial charge in [-0.1, -0.05) is 12.1 Å². The lowest BCUT2D eigenvalue weighted by Crippen LogP contribution is -2.29. The number of aromatic nitrogens is 2. The Labute approximate surface area is 99.2 Å². The van der Waals surface area contributed by atoms with Crippen molar-refractivity contribution >= 4 is 5.91 Å². The van der Waals surface area contributed by atoms with Gasteiger partial charge in [0, 0.05) is 11.8 Å². The van der Waals surface area contributed by atoms with Crippen LogP contribution in [0.2, 0.25) is 0 Å². The van der Waals surface area contributed by atoms with Crippen LogP contribution in [0.15, 0.2) is 36.5 Å². The second kappa shape index (κ2) is 4.80. The van der Waals surface area contributed by atoms with Crippen molar-refractivity contribution in [3.63, 3.8) is 0 Å². The summed E-state index contributed by atoms with van der Waals surface area (Å²) in [6, 6.07) is 9.22. The summed E-state index contributed by atoms with van der Waals surface area (Å²) in [6.45, 7) is 2.64. The quantitative estimate of drug-likeness (QED) is 0.466. The molecule has 1 aromatic heterocycles. The van der Waals surface area contributed by atoms with Gasteiger partial charge in [-0.15, -0.1) is 0 Å². The highest BCUT2D eigenvalue weighted by Crippen LogP contribution is 2.06. The summed E-state index contributed by atoms with van der Waals surface area (Å²) in [5.41, 5.74) is 4.72. The normalized spacial score (nSPS) is 10.2. The summed E-state index contributed by atoms with van der Waals surface area (Å²) >= 11 is 0. The molecule has 0 aliphatic carbocycles. The van der Waals surface area contributed by atoms with Crippen LogP contribution in [-0.2, 0) is 6.54 Å². The fourth-order valence-corrected chi connectivity index (χ4v) is 1.58. The second-order valence-corrected chi connectivity index (χ2v) is 3.83. The third-order valence-corrected chi connectivity index (χ3v) is 2.47. The molecule has 0 atom stereocenters. The second-order valence-electron chi connectivity index (χ2n) is 3.83. The predicted molar refractivity (Wildman–Crippen MR) is 64.2 cm³/mol. The van der Waals surface area contributed by atoms with Crippen LogP contribution >= 0.6 is 0 Å². The average molecular weight is 230 g/mol. The van der Waals surface area contributed by atoms with Crippen molar-refractivity contribution in [3.05, 3.63) is 53.3 Å². The summed E-state index contributed by atoms with van der Waals surface area (Å²) in [6.07, 6.45) is 1.93. The van der Waals surface area contributed by atoms with E-state index < -0.39 is 0 Å². The number of carbonyl (C=O) groups excluding carboxylic acids is 1. The van der Waals surface area contributed by atoms with Gasteiger partial charge in [-0.05, 0) is 30.7 Å². The lowest BCUT2D eigenvalue weighted by Gasteiger charge is -2.03. The fraction of sp³-hybridized carbons (Fsp3) is 0.167. The summed E-state index contributed by atoms with van der Waals surface area (Å²) in [4.78, 5) is 11.2. The number of hydrogen-bond acceptors (Lipinski definition) is 3. The molecule has 0 unspecified atom stereocenters. The average Bonchev–Trinajstić information content (AvgIpc) is 2.75. The van der Waals surface area contributed by atoms with Crippen LogP contribution in [0.4, 0.5) is 0 Å². The van der Waals surface area contributed by atoms with E-state index >= 15 is 0 Å². The van der Waals surface area contributed by atoms with Gasteiger partial charge in [-0.25, -0.2) is 5.84 Å². The molecule has 88 valence electrons. The van der Waals surface area contributed by atoms with E-state index in [4.69, 9.17) is 5.84 Å². The minimum Gasteiger partial charge on any atom is -0.290 e. The first kappa shape index (κ1) is 11.3. The molecule has 5 nitrogen and oxygen atoms in total. The zero-order valence-corrected chi connectivity index (χ0v) is 9.55. The van der Waals surface area contributed by atoms with Crippen LogP contribution in [0, 0.1) is 6.92 Å². The summed E-state index contributed by atoms with van der Waals surface area (Å²) in [7, 11) is 0. The molecule has 2 aromatic rings. The number of rotatable bonds is 3. The third-order valence-electron chi connectivity index (χ3n) is 2.47. The Kier molecular flexibility index (Phi) is 3.20. The molecular weight excluding hydrogens is 216 g/mol. The van der Waals surface area contributed by atoms with E-state index in [1.54, 1.807) is 12.1 Å². The van der Waals surface area contributed by atoms with Crippen LogP contribution in [0.3, 0.4) is 0 Å². The zero-order valence-electron chi connectivity index (χ0n) is 9.55. The molecule has 0 spiro atoms. The van der Waals surface area contributed by atoms with Crippen molar-refractivity contribution in [1.82, 2.24) is 15.2 Å². The number of nitrogens with two attached hydrogens (primary N) is 1. The number of carbonyl (C=O) groups is 1. The molecule has 0 saturated heterocycles. The molecule has 0 bridgehead atoms. The van der Waals surface area contributed by atoms with Crippen molar-refractivity contribution in [2.24, 2.45) is 5.84 Å². The molecule has 0 radical (unpaired) electrons. The van der Waals surface area contributed by atoms with E-state index in [9.17, 15) is 4.79 Å². The largest absolute Gasteiger partial charge is 0.290 e. The standard InChI is InChI=1S/C12H14N4O/c1-9-6-7-16(15-9)8-10-2-4-11(5-3-10)12(17)14-13/h2-7H,8,13H2,1H3,(H,14,17). The van der Waals surface area contributed by atoms with Crippen LogP contribution in [0.5, 0.6) is 0 Å². The van der Waals surface area contributed by atoms with Gasteiger partial charge >= 0.3 is 0 Å². The van der Waals surface area contributed by atoms with Gasteiger partial charge in [-0.2, -0.15) is 5.10 Å². The molecular formula is C12H14N4O. The number of benzene rings is 1. The Morgan fingerprint density at radius 2 is 2.06 bits per heavy atom. The molecule has 2 rings (SSSR count). The molecule has 5 heteroatoms. The van der Waals surface area contributed by atoms with Gasteiger partial charge in [0.2, 0.25) is 0 Å². The van der Waals surface area contributed by atoms with Crippen molar-refractivity contribution in [3.8, 4) is 0 Å². The van der Waals surface area contributed by atoms with Crippen molar-refractivity contribution in [2.75, 3.05) is 0 Å². The minimum absolute atomic E-state index is 0.286. The highest BCUT2D eigenvalue weighted by molar-refractivity contribution is 5.93. The van der Waals surface area contributed by atoms with E-state index in [2.05, 4.69) is 10.5 Å². The Morgan fingerprint density at radius 3 is 2.59 bits per heavy atom. The Morgan fingerprint density at radius 1 is 1.35 bits per heavy atom. The molecule has 17 heavy (non-hydrogen) atoms. The monoisotopic (exact) mass is 230 g/mol. The topological polar surface area (TPSA) is 72.9 Å². The highest BCUT2D eigenvalue weighted by Gasteiger charge is 2.03. The maximum atomic E-state index is 11.2. The van der Waals surface area contributed by atoms with Crippen molar-refractivity contribution in [2.45, 2.75) is 13.5 Å². The molecule has 1 heterocycles. The van der Waals surface area contributed by atoms with Crippen LogP contribution in [0.1, 0.15) is 21.6 Å². The van der Waals surface area contributed by atoms with Crippen LogP contribution < -0.4 is 11.3 Å². The highest BCUT2D eigenvalue weighted by atomic mass is 16.2. The minimum atomic E-state index is -0.286. The maximum absolute atomic E-state index is 11.2. The number of amides is 1. The van der Waals surface area contributed by atoms with Gasteiger partial charge in [0.15, 0.2) is 0 Å². The molecule has 1 amide bonds. The summed E-state index contributed by atoms with van der Waals surface area (Å²) < 4.78 is 1.85. The first-order chi connectivity index (χ1) is 8.19. The lowest BCUT2D eigenvalue weighted by atomic mass is 10.1. The SMILES string of the molecule is Cc1ccn(Cc2ccc(C(=O)NN)cc2)n1. The Bertz CT molecular complexity index is 516. The molecule has 0 fully saturated rings. The van der Waals surface area contributed by atoms with Gasteiger partial charge in [0.25, 0.3) is 5.91 Å². The van der Waals surface area contributed by atoms with E-state index in [-0.39, 0.29) is 5.91 Å². The number of hydrazine groups is 1. The van der Waals surface area contributed by atoms with Gasteiger partial charge in [0.05, 0.1) is 12.2 Å². The lowest BCUT2D eigenvalue weighted by molar-refractivity contribution is 0.0953. The first-order valence-corrected chi connectivity index (χ1v) is 5.29. The van der Waals surface area contributed by atoms with Gasteiger partial charge in [-0.3, -0.25) is 14.9 Å². The smallest absolute Gasteiger partial charge is 0.265 e. The van der Waals surface area contributed by atoms with Crippen LogP contribution in [0.25, 0.3) is 0 Å². The fourth-order valence-electron chi connectivity index (χ4n) is 1.58. The number of nitrogens with zero attached hydrogens (tertiary/aromatic N) is 2. The third kappa shape index (κ3) is 2.70. The van der Waals surface area contributed by atoms with E-state index in [1.165, 1.54) is 0 Å². The number of aryl methyl sites for hydroxylation is 1. The van der Waals surface area contributed by atoms with E-state index in [0.717, 1.165) is 11.3 Å². The zero-order chi connectivity index (χ0) is 12.3. The Hall–Kier alpha value is -2.14. The first-order valence-electron chi connectivity index (χ1n) is 5.29. The maximum Gasteiger partial charge on any atom is 0.265 e. The summed E-state index contributed by atoms with van der Waals surface area (Å²) in [5, 5.41) is 4.30. The molecule has 0 saturated carbocycles. The van der Waals surface area contributed by atoms with Gasteiger partial charge in [0.1, 0.15) is 0 Å². The van der Waals surface area contributed by atoms with Crippen LogP contribution in [-0.4, -0.2) is 15.7 Å². The molecule has 0 aliphatic heterocycles.